The predicted molar refractivity (Wildman–Crippen MR) is 62.7 cm³/mol. The third kappa shape index (κ3) is 3.15. The lowest BCUT2D eigenvalue weighted by molar-refractivity contribution is 0.280. The first kappa shape index (κ1) is 11.8. The van der Waals surface area contributed by atoms with E-state index in [1.165, 1.54) is 0 Å². The van der Waals surface area contributed by atoms with Crippen LogP contribution < -0.4 is 10.6 Å². The second-order valence-electron chi connectivity index (χ2n) is 2.96. The van der Waals surface area contributed by atoms with Gasteiger partial charge in [0, 0.05) is 6.20 Å². The van der Waals surface area contributed by atoms with Crippen LogP contribution in [0.2, 0.25) is 0 Å². The summed E-state index contributed by atoms with van der Waals surface area (Å²) in [6.07, 6.45) is 3.19. The smallest absolute Gasteiger partial charge is 0.112 e. The number of aliphatic hydroxyl groups is 1. The van der Waals surface area contributed by atoms with Crippen LogP contribution in [-0.4, -0.2) is 11.8 Å². The van der Waals surface area contributed by atoms with E-state index in [4.69, 9.17) is 10.4 Å². The summed E-state index contributed by atoms with van der Waals surface area (Å²) in [7, 11) is 0. The van der Waals surface area contributed by atoms with Gasteiger partial charge in [-0.25, -0.2) is 0 Å². The molecule has 16 heavy (non-hydrogen) atoms. The van der Waals surface area contributed by atoms with E-state index in [0.717, 1.165) is 11.3 Å². The monoisotopic (exact) mass is 215 g/mol. The van der Waals surface area contributed by atoms with Crippen molar-refractivity contribution < 1.29 is 5.11 Å². The Morgan fingerprint density at radius 1 is 1.44 bits per heavy atom. The van der Waals surface area contributed by atoms with Crippen molar-refractivity contribution in [1.29, 1.82) is 5.26 Å². The molecule has 0 aromatic heterocycles. The van der Waals surface area contributed by atoms with E-state index in [-0.39, 0.29) is 6.73 Å². The van der Waals surface area contributed by atoms with E-state index in [1.54, 1.807) is 24.5 Å². The van der Waals surface area contributed by atoms with Gasteiger partial charge in [-0.2, -0.15) is 5.26 Å². The first-order valence-electron chi connectivity index (χ1n) is 4.74. The molecule has 1 aromatic carbocycles. The van der Waals surface area contributed by atoms with E-state index < -0.39 is 0 Å². The van der Waals surface area contributed by atoms with Gasteiger partial charge in [-0.1, -0.05) is 18.7 Å². The van der Waals surface area contributed by atoms with Gasteiger partial charge in [0.05, 0.1) is 17.3 Å². The van der Waals surface area contributed by atoms with E-state index >= 15 is 0 Å². The fourth-order valence-electron chi connectivity index (χ4n) is 1.19. The molecule has 0 radical (unpaired) electrons. The Kier molecular flexibility index (Phi) is 4.64. The zero-order chi connectivity index (χ0) is 11.8. The number of aliphatic hydroxyl groups excluding tert-OH is 1. The number of benzene rings is 1. The Morgan fingerprint density at radius 3 is 2.62 bits per heavy atom. The summed E-state index contributed by atoms with van der Waals surface area (Å²) < 4.78 is 0. The summed E-state index contributed by atoms with van der Waals surface area (Å²) in [6, 6.07) is 9.15. The average Bonchev–Trinajstić information content (AvgIpc) is 2.35. The minimum absolute atomic E-state index is 0.140. The average molecular weight is 215 g/mol. The molecule has 3 N–H and O–H groups in total. The molecule has 0 spiro atoms. The maximum absolute atomic E-state index is 8.67. The number of nitrogens with one attached hydrogen (secondary N) is 2. The lowest BCUT2D eigenvalue weighted by atomic mass is 10.1. The van der Waals surface area contributed by atoms with Crippen LogP contribution in [0, 0.1) is 11.3 Å². The number of nitrogens with zero attached hydrogens (tertiary/aromatic N) is 1. The van der Waals surface area contributed by atoms with Crippen molar-refractivity contribution in [2.24, 2.45) is 0 Å². The Morgan fingerprint density at radius 2 is 2.12 bits per heavy atom. The van der Waals surface area contributed by atoms with E-state index in [1.807, 2.05) is 12.1 Å². The topological polar surface area (TPSA) is 68.1 Å². The normalized spacial score (nSPS) is 10.4. The van der Waals surface area contributed by atoms with E-state index in [2.05, 4.69) is 23.3 Å². The highest BCUT2D eigenvalue weighted by atomic mass is 16.3. The van der Waals surface area contributed by atoms with Gasteiger partial charge in [-0.05, 0) is 23.9 Å². The van der Waals surface area contributed by atoms with Gasteiger partial charge in [0.1, 0.15) is 6.73 Å². The highest BCUT2D eigenvalue weighted by Gasteiger charge is 1.99. The van der Waals surface area contributed by atoms with Crippen LogP contribution in [-0.2, 0) is 0 Å². The summed E-state index contributed by atoms with van der Waals surface area (Å²) in [4.78, 5) is 0. The minimum Gasteiger partial charge on any atom is -0.377 e. The van der Waals surface area contributed by atoms with Gasteiger partial charge < -0.3 is 15.7 Å². The lowest BCUT2D eigenvalue weighted by Crippen LogP contribution is -2.11. The first-order chi connectivity index (χ1) is 7.81. The summed E-state index contributed by atoms with van der Waals surface area (Å²) in [5, 5.41) is 22.9. The molecule has 0 amide bonds. The Bertz CT molecular complexity index is 415. The van der Waals surface area contributed by atoms with Gasteiger partial charge in [0.2, 0.25) is 0 Å². The Balaban J connectivity index is 2.93. The quantitative estimate of drug-likeness (QED) is 0.644. The van der Waals surface area contributed by atoms with Crippen LogP contribution in [0.3, 0.4) is 0 Å². The second kappa shape index (κ2) is 6.27. The van der Waals surface area contributed by atoms with Crippen LogP contribution in [0.1, 0.15) is 11.1 Å². The summed E-state index contributed by atoms with van der Waals surface area (Å²) >= 11 is 0. The zero-order valence-corrected chi connectivity index (χ0v) is 8.77. The number of hydrogen-bond acceptors (Lipinski definition) is 4. The molecule has 82 valence electrons. The van der Waals surface area contributed by atoms with Crippen LogP contribution >= 0.6 is 0 Å². The van der Waals surface area contributed by atoms with Gasteiger partial charge in [0.25, 0.3) is 0 Å². The van der Waals surface area contributed by atoms with E-state index in [9.17, 15) is 0 Å². The predicted octanol–water partition coefficient (Wildman–Crippen LogP) is 1.13. The molecule has 0 aliphatic heterocycles. The molecule has 0 aliphatic carbocycles. The fraction of sp³-hybridized carbons (Fsp3) is 0.0833. The van der Waals surface area contributed by atoms with Crippen molar-refractivity contribution in [2.45, 2.75) is 0 Å². The largest absolute Gasteiger partial charge is 0.377 e. The van der Waals surface area contributed by atoms with Crippen LogP contribution in [0.4, 0.5) is 0 Å². The minimum atomic E-state index is -0.140. The number of nitriles is 1. The molecular weight excluding hydrogens is 202 g/mol. The zero-order valence-electron chi connectivity index (χ0n) is 8.77. The van der Waals surface area contributed by atoms with Gasteiger partial charge in [-0.3, -0.25) is 0 Å². The molecule has 0 saturated heterocycles. The summed E-state index contributed by atoms with van der Waals surface area (Å²) in [5.74, 6) is 0. The molecule has 1 aromatic rings. The molecule has 0 fully saturated rings. The molecule has 0 unspecified atom stereocenters. The third-order valence-electron chi connectivity index (χ3n) is 1.92. The van der Waals surface area contributed by atoms with Crippen molar-refractivity contribution in [3.05, 3.63) is 54.4 Å². The van der Waals surface area contributed by atoms with Gasteiger partial charge in [-0.15, -0.1) is 0 Å². The highest BCUT2D eigenvalue weighted by Crippen LogP contribution is 2.11. The second-order valence-corrected chi connectivity index (χ2v) is 2.96. The summed E-state index contributed by atoms with van der Waals surface area (Å²) in [6.45, 7) is 3.43. The molecule has 0 aliphatic rings. The molecule has 0 atom stereocenters. The molecule has 0 saturated carbocycles. The SMILES string of the molecule is C=CN/C(=C\NCO)c1ccc(C#N)cc1. The fourth-order valence-corrected chi connectivity index (χ4v) is 1.19. The summed E-state index contributed by atoms with van der Waals surface area (Å²) in [5.41, 5.74) is 2.28. The van der Waals surface area contributed by atoms with Gasteiger partial charge in [0.15, 0.2) is 0 Å². The van der Waals surface area contributed by atoms with Gasteiger partial charge >= 0.3 is 0 Å². The van der Waals surface area contributed by atoms with Crippen molar-refractivity contribution >= 4 is 5.70 Å². The molecule has 1 rings (SSSR count). The van der Waals surface area contributed by atoms with Crippen molar-refractivity contribution in [3.8, 4) is 6.07 Å². The van der Waals surface area contributed by atoms with Crippen LogP contribution in [0.25, 0.3) is 5.70 Å². The van der Waals surface area contributed by atoms with Crippen molar-refractivity contribution in [3.63, 3.8) is 0 Å². The highest BCUT2D eigenvalue weighted by molar-refractivity contribution is 5.64. The molecule has 4 nitrogen and oxygen atoms in total. The van der Waals surface area contributed by atoms with Crippen molar-refractivity contribution in [2.75, 3.05) is 6.73 Å². The number of hydrogen-bond donors (Lipinski definition) is 3. The molecule has 4 heteroatoms. The lowest BCUT2D eigenvalue weighted by Gasteiger charge is -2.07. The Labute approximate surface area is 94.5 Å². The Hall–Kier alpha value is -2.25. The van der Waals surface area contributed by atoms with Crippen molar-refractivity contribution in [1.82, 2.24) is 10.6 Å². The first-order valence-corrected chi connectivity index (χ1v) is 4.74. The molecule has 0 bridgehead atoms. The molecule has 0 heterocycles. The number of rotatable bonds is 5. The maximum atomic E-state index is 8.67. The van der Waals surface area contributed by atoms with E-state index in [0.29, 0.717) is 5.56 Å². The standard InChI is InChI=1S/C12H13N3O/c1-2-15-12(8-14-9-16)11-5-3-10(7-13)4-6-11/h2-6,8,14-16H,1,9H2/b12-8-. The van der Waals surface area contributed by atoms with Crippen LogP contribution in [0.15, 0.2) is 43.2 Å². The van der Waals surface area contributed by atoms with Crippen LogP contribution in [0.5, 0.6) is 0 Å². The maximum Gasteiger partial charge on any atom is 0.112 e. The molecular formula is C12H13N3O. The third-order valence-corrected chi connectivity index (χ3v) is 1.92.